The Morgan fingerprint density at radius 1 is 0.400 bits per heavy atom. The molecule has 0 N–H and O–H groups in total. The maximum absolute atomic E-state index is 4.06. The smallest absolute Gasteiger partial charge is 0.0716 e. The minimum Gasteiger partial charge on any atom is -0.337 e. The van der Waals surface area contributed by atoms with Gasteiger partial charge in [-0.25, -0.2) is 0 Å². The molecule has 0 amide bonds. The molecule has 0 unspecified atom stereocenters. The van der Waals surface area contributed by atoms with Crippen LogP contribution < -0.4 is 4.90 Å². The SMILES string of the molecule is C=Cc1ccc(C2(c3ccc(C=C)cc3)c3ccccc3-c3cccc(CN(c4ccc(-c5ccccc5)cc4)c4ccc(-c5ccccc5)cc4)c32)cc1. The van der Waals surface area contributed by atoms with E-state index in [0.29, 0.717) is 6.54 Å². The second-order valence-corrected chi connectivity index (χ2v) is 14.2. The van der Waals surface area contributed by atoms with E-state index in [-0.39, 0.29) is 0 Å². The van der Waals surface area contributed by atoms with E-state index in [2.05, 4.69) is 218 Å². The first-order valence-corrected chi connectivity index (χ1v) is 18.9. The van der Waals surface area contributed by atoms with Crippen LogP contribution >= 0.6 is 0 Å². The third-order valence-corrected chi connectivity index (χ3v) is 11.2. The van der Waals surface area contributed by atoms with E-state index in [1.807, 2.05) is 12.2 Å². The average Bonchev–Trinajstić information content (AvgIpc) is 3.58. The normalized spacial score (nSPS) is 12.4. The Morgan fingerprint density at radius 2 is 0.836 bits per heavy atom. The fraction of sp³-hybridized carbons (Fsp3) is 0.0370. The fourth-order valence-corrected chi connectivity index (χ4v) is 8.51. The summed E-state index contributed by atoms with van der Waals surface area (Å²) in [4.78, 5) is 2.47. The summed E-state index contributed by atoms with van der Waals surface area (Å²) in [5.41, 5.74) is 17.6. The largest absolute Gasteiger partial charge is 0.337 e. The van der Waals surface area contributed by atoms with Crippen LogP contribution in [0, 0.1) is 0 Å². The molecule has 0 saturated heterocycles. The highest BCUT2D eigenvalue weighted by atomic mass is 15.1. The minimum atomic E-state index is -0.554. The first-order chi connectivity index (χ1) is 27.2. The molecule has 1 nitrogen and oxygen atoms in total. The number of rotatable bonds is 10. The van der Waals surface area contributed by atoms with Gasteiger partial charge in [-0.1, -0.05) is 201 Å². The predicted octanol–water partition coefficient (Wildman–Crippen LogP) is 14.0. The molecule has 262 valence electrons. The van der Waals surface area contributed by atoms with Gasteiger partial charge in [0.05, 0.1) is 5.41 Å². The van der Waals surface area contributed by atoms with Crippen LogP contribution in [0.5, 0.6) is 0 Å². The highest BCUT2D eigenvalue weighted by Crippen LogP contribution is 2.57. The van der Waals surface area contributed by atoms with Gasteiger partial charge in [0.15, 0.2) is 0 Å². The van der Waals surface area contributed by atoms with Gasteiger partial charge in [-0.15, -0.1) is 0 Å². The van der Waals surface area contributed by atoms with E-state index in [4.69, 9.17) is 0 Å². The maximum atomic E-state index is 4.06. The molecule has 0 aromatic heterocycles. The Balaban J connectivity index is 1.24. The average molecular weight is 704 g/mol. The molecule has 0 heterocycles. The van der Waals surface area contributed by atoms with Gasteiger partial charge in [0.2, 0.25) is 0 Å². The standard InChI is InChI=1S/C54H41N/c1-3-39-22-30-46(31-23-39)54(47-32-24-40(4-2)25-33-47)52-21-12-11-19-50(52)51-20-13-18-45(53(51)54)38-55(48-34-26-43(27-35-48)41-14-7-5-8-15-41)49-36-28-44(29-37-49)42-16-9-6-10-17-42/h3-37H,1-2,38H2. The van der Waals surface area contributed by atoms with Crippen molar-refractivity contribution >= 4 is 23.5 Å². The number of benzene rings is 8. The number of anilines is 2. The summed E-state index contributed by atoms with van der Waals surface area (Å²) in [5, 5.41) is 0. The fourth-order valence-electron chi connectivity index (χ4n) is 8.51. The summed E-state index contributed by atoms with van der Waals surface area (Å²) >= 11 is 0. The van der Waals surface area contributed by atoms with Gasteiger partial charge in [0.25, 0.3) is 0 Å². The molecule has 55 heavy (non-hydrogen) atoms. The van der Waals surface area contributed by atoms with E-state index in [1.165, 1.54) is 61.2 Å². The summed E-state index contributed by atoms with van der Waals surface area (Å²) in [6.45, 7) is 8.79. The number of hydrogen-bond acceptors (Lipinski definition) is 1. The van der Waals surface area contributed by atoms with Crippen molar-refractivity contribution in [2.45, 2.75) is 12.0 Å². The molecule has 0 fully saturated rings. The van der Waals surface area contributed by atoms with Crippen molar-refractivity contribution in [1.29, 1.82) is 0 Å². The van der Waals surface area contributed by atoms with Gasteiger partial charge in [-0.05, 0) is 96.6 Å². The van der Waals surface area contributed by atoms with E-state index in [9.17, 15) is 0 Å². The number of hydrogen-bond donors (Lipinski definition) is 0. The highest BCUT2D eigenvalue weighted by Gasteiger charge is 2.47. The van der Waals surface area contributed by atoms with Crippen LogP contribution in [0.15, 0.2) is 213 Å². The van der Waals surface area contributed by atoms with Crippen molar-refractivity contribution in [2.24, 2.45) is 0 Å². The third-order valence-electron chi connectivity index (χ3n) is 11.2. The van der Waals surface area contributed by atoms with Crippen LogP contribution in [0.4, 0.5) is 11.4 Å². The van der Waals surface area contributed by atoms with Crippen molar-refractivity contribution in [2.75, 3.05) is 4.90 Å². The topological polar surface area (TPSA) is 3.24 Å². The van der Waals surface area contributed by atoms with E-state index >= 15 is 0 Å². The number of nitrogens with zero attached hydrogens (tertiary/aromatic N) is 1. The Bertz CT molecular complexity index is 2460. The maximum Gasteiger partial charge on any atom is 0.0716 e. The Labute approximate surface area is 324 Å². The lowest BCUT2D eigenvalue weighted by Crippen LogP contribution is -2.31. The Kier molecular flexibility index (Phi) is 8.90. The van der Waals surface area contributed by atoms with Gasteiger partial charge in [0.1, 0.15) is 0 Å². The zero-order valence-electron chi connectivity index (χ0n) is 30.8. The summed E-state index contributed by atoms with van der Waals surface area (Å²) in [6, 6.07) is 73.0. The molecule has 0 spiro atoms. The van der Waals surface area contributed by atoms with Crippen molar-refractivity contribution in [1.82, 2.24) is 0 Å². The molecule has 1 aliphatic rings. The van der Waals surface area contributed by atoms with Crippen LogP contribution in [-0.4, -0.2) is 0 Å². The molecule has 9 rings (SSSR count). The predicted molar refractivity (Wildman–Crippen MR) is 234 cm³/mol. The van der Waals surface area contributed by atoms with Crippen molar-refractivity contribution in [3.05, 3.63) is 252 Å². The van der Waals surface area contributed by atoms with Crippen molar-refractivity contribution < 1.29 is 0 Å². The van der Waals surface area contributed by atoms with Crippen molar-refractivity contribution in [3.63, 3.8) is 0 Å². The zero-order chi connectivity index (χ0) is 37.2. The first kappa shape index (κ1) is 33.8. The second kappa shape index (κ2) is 14.5. The monoisotopic (exact) mass is 703 g/mol. The molecular weight excluding hydrogens is 663 g/mol. The molecule has 0 aliphatic heterocycles. The van der Waals surface area contributed by atoms with Crippen LogP contribution in [0.1, 0.15) is 38.9 Å². The number of fused-ring (bicyclic) bond motifs is 3. The van der Waals surface area contributed by atoms with Crippen LogP contribution in [0.3, 0.4) is 0 Å². The first-order valence-electron chi connectivity index (χ1n) is 18.9. The highest BCUT2D eigenvalue weighted by molar-refractivity contribution is 5.88. The molecular formula is C54H41N. The lowest BCUT2D eigenvalue weighted by molar-refractivity contribution is 0.751. The zero-order valence-corrected chi connectivity index (χ0v) is 30.8. The third kappa shape index (κ3) is 6.01. The quantitative estimate of drug-likeness (QED) is 0.137. The summed E-state index contributed by atoms with van der Waals surface area (Å²) in [7, 11) is 0. The lowest BCUT2D eigenvalue weighted by atomic mass is 9.66. The molecule has 0 bridgehead atoms. The summed E-state index contributed by atoms with van der Waals surface area (Å²) < 4.78 is 0. The molecule has 1 heteroatoms. The second-order valence-electron chi connectivity index (χ2n) is 14.2. The summed E-state index contributed by atoms with van der Waals surface area (Å²) in [6.07, 6.45) is 3.84. The van der Waals surface area contributed by atoms with E-state index in [0.717, 1.165) is 22.5 Å². The van der Waals surface area contributed by atoms with Gasteiger partial charge >= 0.3 is 0 Å². The van der Waals surface area contributed by atoms with E-state index in [1.54, 1.807) is 0 Å². The Hall–Kier alpha value is -6.96. The van der Waals surface area contributed by atoms with Crippen LogP contribution in [-0.2, 0) is 12.0 Å². The molecule has 1 aliphatic carbocycles. The van der Waals surface area contributed by atoms with Gasteiger partial charge in [-0.2, -0.15) is 0 Å². The minimum absolute atomic E-state index is 0.554. The molecule has 8 aromatic rings. The van der Waals surface area contributed by atoms with Crippen molar-refractivity contribution in [3.8, 4) is 33.4 Å². The van der Waals surface area contributed by atoms with Gasteiger partial charge in [0, 0.05) is 17.9 Å². The van der Waals surface area contributed by atoms with Crippen LogP contribution in [0.25, 0.3) is 45.5 Å². The van der Waals surface area contributed by atoms with Gasteiger partial charge in [-0.3, -0.25) is 0 Å². The summed E-state index contributed by atoms with van der Waals surface area (Å²) in [5.74, 6) is 0. The van der Waals surface area contributed by atoms with Gasteiger partial charge < -0.3 is 4.90 Å². The molecule has 0 saturated carbocycles. The molecule has 0 radical (unpaired) electrons. The Morgan fingerprint density at radius 3 is 1.33 bits per heavy atom. The molecule has 8 aromatic carbocycles. The van der Waals surface area contributed by atoms with Crippen LogP contribution in [0.2, 0.25) is 0 Å². The lowest BCUT2D eigenvalue weighted by Gasteiger charge is -2.36. The molecule has 0 atom stereocenters. The van der Waals surface area contributed by atoms with E-state index < -0.39 is 5.41 Å².